The van der Waals surface area contributed by atoms with Gasteiger partial charge in [-0.3, -0.25) is 0 Å². The summed E-state index contributed by atoms with van der Waals surface area (Å²) >= 11 is 3.55. The van der Waals surface area contributed by atoms with Crippen molar-refractivity contribution < 1.29 is 9.47 Å². The minimum atomic E-state index is 0.913. The highest BCUT2D eigenvalue weighted by Crippen LogP contribution is 2.32. The van der Waals surface area contributed by atoms with Crippen LogP contribution in [0.15, 0.2) is 46.9 Å². The molecule has 2 aromatic rings. The molecule has 0 amide bonds. The lowest BCUT2D eigenvalue weighted by molar-refractivity contribution is 0.409. The number of halogens is 1. The Hall–Kier alpha value is -1.94. The van der Waals surface area contributed by atoms with Crippen LogP contribution in [0.3, 0.4) is 0 Å². The topological polar surface area (TPSA) is 30.5 Å². The van der Waals surface area contributed by atoms with Crippen LogP contribution in [0.4, 0.5) is 0 Å². The van der Waals surface area contributed by atoms with E-state index in [-0.39, 0.29) is 0 Å². The van der Waals surface area contributed by atoms with Gasteiger partial charge in [-0.05, 0) is 54.7 Å². The van der Waals surface area contributed by atoms with Gasteiger partial charge in [0.2, 0.25) is 0 Å². The number of hydrogen-bond donors (Lipinski definition) is 1. The second-order valence-electron chi connectivity index (χ2n) is 5.78. The normalized spacial score (nSPS) is 13.4. The molecule has 1 aliphatic rings. The van der Waals surface area contributed by atoms with E-state index in [2.05, 4.69) is 45.5 Å². The molecule has 0 spiro atoms. The Balaban J connectivity index is 1.89. The molecule has 0 aromatic heterocycles. The van der Waals surface area contributed by atoms with Crippen LogP contribution in [0.5, 0.6) is 11.5 Å². The first-order valence-electron chi connectivity index (χ1n) is 8.15. The van der Waals surface area contributed by atoms with Crippen LogP contribution in [0.2, 0.25) is 0 Å². The third kappa shape index (κ3) is 3.59. The van der Waals surface area contributed by atoms with Gasteiger partial charge in [-0.1, -0.05) is 34.1 Å². The van der Waals surface area contributed by atoms with E-state index in [1.54, 1.807) is 14.2 Å². The molecule has 126 valence electrons. The van der Waals surface area contributed by atoms with Gasteiger partial charge in [0, 0.05) is 22.3 Å². The molecule has 0 fully saturated rings. The van der Waals surface area contributed by atoms with Gasteiger partial charge in [-0.25, -0.2) is 0 Å². The first-order chi connectivity index (χ1) is 11.7. The minimum absolute atomic E-state index is 0.913. The summed E-state index contributed by atoms with van der Waals surface area (Å²) in [5.74, 6) is 1.86. The van der Waals surface area contributed by atoms with Crippen LogP contribution in [-0.2, 0) is 12.8 Å². The zero-order valence-electron chi connectivity index (χ0n) is 14.1. The van der Waals surface area contributed by atoms with Crippen molar-refractivity contribution in [2.45, 2.75) is 19.3 Å². The predicted octanol–water partition coefficient (Wildman–Crippen LogP) is 4.59. The molecule has 1 heterocycles. The fourth-order valence-electron chi connectivity index (χ4n) is 3.16. The third-order valence-electron chi connectivity index (χ3n) is 4.32. The molecular formula is C20H22BrNO2. The van der Waals surface area contributed by atoms with E-state index in [4.69, 9.17) is 9.47 Å². The number of rotatable bonds is 6. The maximum Gasteiger partial charge on any atom is 0.128 e. The van der Waals surface area contributed by atoms with E-state index in [1.807, 2.05) is 18.2 Å². The summed E-state index contributed by atoms with van der Waals surface area (Å²) in [6, 6.07) is 12.4. The van der Waals surface area contributed by atoms with E-state index in [9.17, 15) is 0 Å². The monoisotopic (exact) mass is 387 g/mol. The smallest absolute Gasteiger partial charge is 0.128 e. The third-order valence-corrected chi connectivity index (χ3v) is 4.81. The maximum atomic E-state index is 5.60. The molecule has 3 nitrogen and oxygen atoms in total. The summed E-state index contributed by atoms with van der Waals surface area (Å²) in [5.41, 5.74) is 4.86. The molecule has 1 aliphatic heterocycles. The standard InChI is InChI=1S/C20H22BrNO2/c1-23-18-11-10-16(21)13-15(18)9-8-14-5-3-7-19(24-2)20(14)17-6-4-12-22-17/h3,5-7,10-11,13,22H,4,8-9,12H2,1-2H3. The molecule has 0 atom stereocenters. The molecule has 0 aliphatic carbocycles. The molecule has 4 heteroatoms. The first-order valence-corrected chi connectivity index (χ1v) is 8.95. The van der Waals surface area contributed by atoms with Crippen LogP contribution >= 0.6 is 15.9 Å². The van der Waals surface area contributed by atoms with Gasteiger partial charge in [0.05, 0.1) is 14.2 Å². The van der Waals surface area contributed by atoms with Gasteiger partial charge in [0.25, 0.3) is 0 Å². The molecular weight excluding hydrogens is 366 g/mol. The molecule has 0 saturated carbocycles. The zero-order chi connectivity index (χ0) is 16.9. The zero-order valence-corrected chi connectivity index (χ0v) is 15.7. The van der Waals surface area contributed by atoms with Crippen molar-refractivity contribution in [1.82, 2.24) is 5.32 Å². The summed E-state index contributed by atoms with van der Waals surface area (Å²) in [5, 5.41) is 3.47. The van der Waals surface area contributed by atoms with Gasteiger partial charge < -0.3 is 14.8 Å². The number of hydrogen-bond acceptors (Lipinski definition) is 3. The Bertz CT molecular complexity index is 755. The number of aryl methyl sites for hydroxylation is 2. The van der Waals surface area contributed by atoms with Crippen LogP contribution in [0.1, 0.15) is 23.1 Å². The molecule has 0 unspecified atom stereocenters. The predicted molar refractivity (Wildman–Crippen MR) is 102 cm³/mol. The summed E-state index contributed by atoms with van der Waals surface area (Å²) in [6.07, 6.45) is 5.15. The van der Waals surface area contributed by atoms with Crippen molar-refractivity contribution in [3.05, 3.63) is 63.6 Å². The highest BCUT2D eigenvalue weighted by molar-refractivity contribution is 9.10. The molecule has 1 N–H and O–H groups in total. The summed E-state index contributed by atoms with van der Waals surface area (Å²) in [7, 11) is 3.45. The molecule has 2 aromatic carbocycles. The summed E-state index contributed by atoms with van der Waals surface area (Å²) < 4.78 is 12.2. The molecule has 0 radical (unpaired) electrons. The Morgan fingerprint density at radius 1 is 1.00 bits per heavy atom. The van der Waals surface area contributed by atoms with Crippen molar-refractivity contribution in [3.63, 3.8) is 0 Å². The van der Waals surface area contributed by atoms with Crippen molar-refractivity contribution >= 4 is 21.6 Å². The van der Waals surface area contributed by atoms with E-state index >= 15 is 0 Å². The summed E-state index contributed by atoms with van der Waals surface area (Å²) in [6.45, 7) is 0.992. The fraction of sp³-hybridized carbons (Fsp3) is 0.300. The maximum absolute atomic E-state index is 5.60. The average Bonchev–Trinajstić information content (AvgIpc) is 3.13. The van der Waals surface area contributed by atoms with Gasteiger partial charge in [0.1, 0.15) is 11.5 Å². The lowest BCUT2D eigenvalue weighted by Crippen LogP contribution is -2.10. The van der Waals surface area contributed by atoms with Crippen molar-refractivity contribution in [1.29, 1.82) is 0 Å². The van der Waals surface area contributed by atoms with Crippen LogP contribution in [0, 0.1) is 0 Å². The second kappa shape index (κ2) is 7.75. The van der Waals surface area contributed by atoms with E-state index in [0.717, 1.165) is 41.8 Å². The molecule has 0 saturated heterocycles. The highest BCUT2D eigenvalue weighted by Gasteiger charge is 2.16. The fourth-order valence-corrected chi connectivity index (χ4v) is 3.57. The quantitative estimate of drug-likeness (QED) is 0.786. The number of nitrogens with one attached hydrogen (secondary N) is 1. The van der Waals surface area contributed by atoms with Crippen LogP contribution in [0.25, 0.3) is 5.70 Å². The van der Waals surface area contributed by atoms with Crippen molar-refractivity contribution in [2.24, 2.45) is 0 Å². The van der Waals surface area contributed by atoms with Gasteiger partial charge in [-0.2, -0.15) is 0 Å². The molecule has 24 heavy (non-hydrogen) atoms. The average molecular weight is 388 g/mol. The van der Waals surface area contributed by atoms with Gasteiger partial charge in [0.15, 0.2) is 0 Å². The SMILES string of the molecule is COc1ccc(Br)cc1CCc1cccc(OC)c1C1=CCCN1. The first kappa shape index (κ1) is 16.9. The van der Waals surface area contributed by atoms with Crippen molar-refractivity contribution in [2.75, 3.05) is 20.8 Å². The van der Waals surface area contributed by atoms with E-state index < -0.39 is 0 Å². The number of ether oxygens (including phenoxy) is 2. The lowest BCUT2D eigenvalue weighted by Gasteiger charge is -2.16. The highest BCUT2D eigenvalue weighted by atomic mass is 79.9. The van der Waals surface area contributed by atoms with Crippen LogP contribution < -0.4 is 14.8 Å². The van der Waals surface area contributed by atoms with Gasteiger partial charge in [-0.15, -0.1) is 0 Å². The van der Waals surface area contributed by atoms with Gasteiger partial charge >= 0.3 is 0 Å². The van der Waals surface area contributed by atoms with Crippen molar-refractivity contribution in [3.8, 4) is 11.5 Å². The summed E-state index contributed by atoms with van der Waals surface area (Å²) in [4.78, 5) is 0. The number of methoxy groups -OCH3 is 2. The minimum Gasteiger partial charge on any atom is -0.496 e. The number of benzene rings is 2. The molecule has 0 bridgehead atoms. The largest absolute Gasteiger partial charge is 0.496 e. The Morgan fingerprint density at radius 2 is 1.79 bits per heavy atom. The Kier molecular flexibility index (Phi) is 5.46. The lowest BCUT2D eigenvalue weighted by atomic mass is 9.96. The van der Waals surface area contributed by atoms with E-state index in [0.29, 0.717) is 0 Å². The molecule has 3 rings (SSSR count). The Morgan fingerprint density at radius 3 is 2.50 bits per heavy atom. The Labute approximate surface area is 151 Å². The van der Waals surface area contributed by atoms with E-state index in [1.165, 1.54) is 22.4 Å². The van der Waals surface area contributed by atoms with Crippen LogP contribution in [-0.4, -0.2) is 20.8 Å². The second-order valence-corrected chi connectivity index (χ2v) is 6.70.